The van der Waals surface area contributed by atoms with Crippen LogP contribution in [0.2, 0.25) is 5.02 Å². The van der Waals surface area contributed by atoms with Crippen molar-refractivity contribution in [3.63, 3.8) is 0 Å². The number of methoxy groups -OCH3 is 1. The number of aromatic nitrogens is 1. The van der Waals surface area contributed by atoms with Crippen molar-refractivity contribution in [3.8, 4) is 17.0 Å². The Bertz CT molecular complexity index is 1060. The van der Waals surface area contributed by atoms with Gasteiger partial charge in [-0.15, -0.1) is 0 Å². The van der Waals surface area contributed by atoms with Crippen LogP contribution in [0.4, 0.5) is 0 Å². The average molecular weight is 432 g/mol. The Labute approximate surface area is 180 Å². The Morgan fingerprint density at radius 1 is 1.30 bits per heavy atom. The lowest BCUT2D eigenvalue weighted by atomic mass is 9.77. The second kappa shape index (κ2) is 7.75. The molecule has 2 heterocycles. The van der Waals surface area contributed by atoms with Gasteiger partial charge in [-0.3, -0.25) is 4.79 Å². The Balaban J connectivity index is 1.86. The van der Waals surface area contributed by atoms with Crippen LogP contribution in [-0.4, -0.2) is 36.0 Å². The third-order valence-electron chi connectivity index (χ3n) is 6.42. The fourth-order valence-corrected chi connectivity index (χ4v) is 5.24. The zero-order valence-electron chi connectivity index (χ0n) is 17.4. The van der Waals surface area contributed by atoms with Crippen LogP contribution in [0.15, 0.2) is 29.2 Å². The highest BCUT2D eigenvalue weighted by atomic mass is 35.5. The molecule has 0 amide bonds. The summed E-state index contributed by atoms with van der Waals surface area (Å²) in [4.78, 5) is 24.1. The summed E-state index contributed by atoms with van der Waals surface area (Å²) in [6.45, 7) is 5.51. The monoisotopic (exact) mass is 431 g/mol. The van der Waals surface area contributed by atoms with Gasteiger partial charge in [0.05, 0.1) is 17.3 Å². The van der Waals surface area contributed by atoms with Crippen molar-refractivity contribution in [3.05, 3.63) is 50.8 Å². The minimum absolute atomic E-state index is 0.0406. The largest absolute Gasteiger partial charge is 0.492 e. The second-order valence-electron chi connectivity index (χ2n) is 8.79. The van der Waals surface area contributed by atoms with E-state index in [9.17, 15) is 14.7 Å². The molecule has 160 valence electrons. The van der Waals surface area contributed by atoms with E-state index in [0.717, 1.165) is 30.4 Å². The molecular formula is C23H26ClNO5. The summed E-state index contributed by atoms with van der Waals surface area (Å²) >= 11 is 6.52. The number of halogens is 1. The molecule has 1 aromatic carbocycles. The van der Waals surface area contributed by atoms with Crippen molar-refractivity contribution >= 4 is 17.6 Å². The number of nitrogens with zero attached hydrogens (tertiary/aromatic N) is 1. The summed E-state index contributed by atoms with van der Waals surface area (Å²) in [7, 11) is 1.66. The molecule has 4 rings (SSSR count). The number of rotatable bonds is 6. The summed E-state index contributed by atoms with van der Waals surface area (Å²) in [6, 6.07) is 5.34. The topological polar surface area (TPSA) is 77.8 Å². The Morgan fingerprint density at radius 3 is 2.77 bits per heavy atom. The molecule has 2 aliphatic rings. The van der Waals surface area contributed by atoms with Crippen molar-refractivity contribution < 1.29 is 19.4 Å². The molecular weight excluding hydrogens is 406 g/mol. The number of fused-ring (bicyclic) bond motifs is 6. The van der Waals surface area contributed by atoms with E-state index in [0.29, 0.717) is 29.7 Å². The lowest BCUT2D eigenvalue weighted by Gasteiger charge is -2.40. The molecule has 1 saturated carbocycles. The summed E-state index contributed by atoms with van der Waals surface area (Å²) in [5.74, 6) is -0.371. The summed E-state index contributed by atoms with van der Waals surface area (Å²) in [5, 5.41) is 9.95. The van der Waals surface area contributed by atoms with Gasteiger partial charge in [-0.05, 0) is 36.0 Å². The number of carboxylic acid groups (broad SMARTS) is 1. The molecule has 1 N–H and O–H groups in total. The third kappa shape index (κ3) is 3.42. The first-order chi connectivity index (χ1) is 14.2. The first kappa shape index (κ1) is 20.9. The first-order valence-corrected chi connectivity index (χ1v) is 10.6. The lowest BCUT2D eigenvalue weighted by Crippen LogP contribution is -2.32. The zero-order valence-corrected chi connectivity index (χ0v) is 18.2. The van der Waals surface area contributed by atoms with Crippen LogP contribution < -0.4 is 10.2 Å². The SMILES string of the molecule is COCCCOc1cc2c(cc1Cl)-c1cc(=O)c(C(=O)O)cn1[C@@H]1C2CCC1(C)C. The molecule has 6 nitrogen and oxygen atoms in total. The molecule has 2 aromatic rings. The molecule has 30 heavy (non-hydrogen) atoms. The van der Waals surface area contributed by atoms with Crippen molar-refractivity contribution in [1.29, 1.82) is 0 Å². The standard InChI is InChI=1S/C23H26ClNO5/c1-23(2)6-5-13-14-10-20(30-8-4-7-29-3)17(24)9-15(14)18-11-19(26)16(22(27)28)12-25(18)21(13)23/h9-13,21H,4-8H2,1-3H3,(H,27,28)/t13?,21-/m1/s1. The van der Waals surface area contributed by atoms with Crippen LogP contribution in [0, 0.1) is 5.41 Å². The van der Waals surface area contributed by atoms with Crippen LogP contribution in [0.5, 0.6) is 5.75 Å². The number of carboxylic acids is 1. The third-order valence-corrected chi connectivity index (χ3v) is 6.72. The Hall–Kier alpha value is -2.31. The number of pyridine rings is 1. The van der Waals surface area contributed by atoms with E-state index >= 15 is 0 Å². The van der Waals surface area contributed by atoms with Gasteiger partial charge in [-0.25, -0.2) is 4.79 Å². The number of hydrogen-bond acceptors (Lipinski definition) is 4. The fourth-order valence-electron chi connectivity index (χ4n) is 5.02. The van der Waals surface area contributed by atoms with E-state index in [1.807, 2.05) is 16.7 Å². The number of carbonyl (C=O) groups is 1. The lowest BCUT2D eigenvalue weighted by molar-refractivity contribution is 0.0693. The molecule has 0 radical (unpaired) electrons. The minimum atomic E-state index is -1.20. The van der Waals surface area contributed by atoms with Crippen LogP contribution in [-0.2, 0) is 4.74 Å². The van der Waals surface area contributed by atoms with Gasteiger partial charge < -0.3 is 19.1 Å². The minimum Gasteiger partial charge on any atom is -0.492 e. The molecule has 1 fully saturated rings. The van der Waals surface area contributed by atoms with Gasteiger partial charge in [0.2, 0.25) is 0 Å². The van der Waals surface area contributed by atoms with Crippen LogP contribution in [0.1, 0.15) is 61.0 Å². The smallest absolute Gasteiger partial charge is 0.341 e. The number of benzene rings is 1. The van der Waals surface area contributed by atoms with Gasteiger partial charge >= 0.3 is 5.97 Å². The van der Waals surface area contributed by atoms with Gasteiger partial charge in [0.1, 0.15) is 11.3 Å². The predicted molar refractivity (Wildman–Crippen MR) is 115 cm³/mol. The van der Waals surface area contributed by atoms with Crippen LogP contribution in [0.25, 0.3) is 11.3 Å². The van der Waals surface area contributed by atoms with E-state index in [1.165, 1.54) is 12.3 Å². The molecule has 1 aliphatic carbocycles. The number of hydrogen-bond donors (Lipinski definition) is 1. The molecule has 0 spiro atoms. The summed E-state index contributed by atoms with van der Waals surface area (Å²) in [6.07, 6.45) is 4.25. The molecule has 1 unspecified atom stereocenters. The van der Waals surface area contributed by atoms with Crippen molar-refractivity contribution in [2.75, 3.05) is 20.3 Å². The Morgan fingerprint density at radius 2 is 2.07 bits per heavy atom. The van der Waals surface area contributed by atoms with Crippen LogP contribution in [0.3, 0.4) is 0 Å². The molecule has 0 bridgehead atoms. The molecule has 0 saturated heterocycles. The van der Waals surface area contributed by atoms with Crippen molar-refractivity contribution in [2.24, 2.45) is 5.41 Å². The van der Waals surface area contributed by atoms with Gasteiger partial charge in [-0.2, -0.15) is 0 Å². The zero-order chi connectivity index (χ0) is 21.6. The average Bonchev–Trinajstić information content (AvgIpc) is 3.01. The number of ether oxygens (including phenoxy) is 2. The van der Waals surface area contributed by atoms with E-state index in [4.69, 9.17) is 21.1 Å². The van der Waals surface area contributed by atoms with Crippen LogP contribution >= 0.6 is 11.6 Å². The first-order valence-electron chi connectivity index (χ1n) is 10.2. The fraction of sp³-hybridized carbons (Fsp3) is 0.478. The molecule has 2 atom stereocenters. The van der Waals surface area contributed by atoms with Gasteiger partial charge in [0.15, 0.2) is 5.43 Å². The maximum Gasteiger partial charge on any atom is 0.341 e. The highest BCUT2D eigenvalue weighted by molar-refractivity contribution is 6.32. The van der Waals surface area contributed by atoms with Crippen molar-refractivity contribution in [1.82, 2.24) is 4.57 Å². The maximum absolute atomic E-state index is 12.5. The second-order valence-corrected chi connectivity index (χ2v) is 9.20. The van der Waals surface area contributed by atoms with Gasteiger partial charge in [0.25, 0.3) is 0 Å². The molecule has 1 aliphatic heterocycles. The van der Waals surface area contributed by atoms with E-state index in [1.54, 1.807) is 7.11 Å². The Kier molecular flexibility index (Phi) is 5.41. The van der Waals surface area contributed by atoms with Gasteiger partial charge in [0, 0.05) is 49.9 Å². The molecule has 1 aromatic heterocycles. The highest BCUT2D eigenvalue weighted by Crippen LogP contribution is 2.59. The number of aromatic carboxylic acids is 1. The van der Waals surface area contributed by atoms with E-state index in [-0.39, 0.29) is 22.9 Å². The normalized spacial score (nSPS) is 20.9. The molecule has 7 heteroatoms. The van der Waals surface area contributed by atoms with Crippen molar-refractivity contribution in [2.45, 2.75) is 45.1 Å². The van der Waals surface area contributed by atoms with E-state index in [2.05, 4.69) is 13.8 Å². The maximum atomic E-state index is 12.5. The van der Waals surface area contributed by atoms with Gasteiger partial charge in [-0.1, -0.05) is 25.4 Å². The quantitative estimate of drug-likeness (QED) is 0.668. The summed E-state index contributed by atoms with van der Waals surface area (Å²) < 4.78 is 13.0. The van der Waals surface area contributed by atoms with E-state index < -0.39 is 11.4 Å². The predicted octanol–water partition coefficient (Wildman–Crippen LogP) is 4.74. The summed E-state index contributed by atoms with van der Waals surface area (Å²) in [5.41, 5.74) is 1.96. The highest BCUT2D eigenvalue weighted by Gasteiger charge is 2.47.